The molecule has 0 saturated carbocycles. The quantitative estimate of drug-likeness (QED) is 0.833. The van der Waals surface area contributed by atoms with Crippen LogP contribution in [-0.2, 0) is 4.74 Å². The van der Waals surface area contributed by atoms with Gasteiger partial charge in [-0.05, 0) is 32.9 Å². The van der Waals surface area contributed by atoms with Gasteiger partial charge in [0.15, 0.2) is 0 Å². The Morgan fingerprint density at radius 3 is 2.95 bits per heavy atom. The van der Waals surface area contributed by atoms with Crippen LogP contribution in [0.3, 0.4) is 0 Å². The highest BCUT2D eigenvalue weighted by atomic mass is 16.5. The Bertz CT molecular complexity index is 416. The molecule has 0 aliphatic carbocycles. The normalized spacial score (nSPS) is 19.9. The lowest BCUT2D eigenvalue weighted by atomic mass is 10.1. The van der Waals surface area contributed by atoms with Crippen LogP contribution in [0.5, 0.6) is 11.5 Å². The summed E-state index contributed by atoms with van der Waals surface area (Å²) < 4.78 is 16.9. The SMILES string of the molecule is CNC(C)c1ccc(OC)cc1OCCC1CCCO1. The monoisotopic (exact) mass is 279 g/mol. The summed E-state index contributed by atoms with van der Waals surface area (Å²) in [5.74, 6) is 1.72. The van der Waals surface area contributed by atoms with Crippen molar-refractivity contribution in [3.8, 4) is 11.5 Å². The second kappa shape index (κ2) is 7.50. The third kappa shape index (κ3) is 3.87. The third-order valence-corrected chi connectivity index (χ3v) is 3.84. The fraction of sp³-hybridized carbons (Fsp3) is 0.625. The highest BCUT2D eigenvalue weighted by Crippen LogP contribution is 2.30. The molecule has 1 aliphatic rings. The lowest BCUT2D eigenvalue weighted by Gasteiger charge is -2.18. The van der Waals surface area contributed by atoms with Crippen molar-refractivity contribution < 1.29 is 14.2 Å². The standard InChI is InChI=1S/C16H25NO3/c1-12(17-2)15-7-6-14(18-3)11-16(15)20-10-8-13-5-4-9-19-13/h6-7,11-13,17H,4-5,8-10H2,1-3H3. The minimum absolute atomic E-state index is 0.249. The summed E-state index contributed by atoms with van der Waals surface area (Å²) in [6.45, 7) is 3.70. The fourth-order valence-electron chi connectivity index (χ4n) is 2.45. The Morgan fingerprint density at radius 1 is 1.45 bits per heavy atom. The number of hydrogen-bond donors (Lipinski definition) is 1. The lowest BCUT2D eigenvalue weighted by molar-refractivity contribution is 0.0901. The highest BCUT2D eigenvalue weighted by molar-refractivity contribution is 5.42. The van der Waals surface area contributed by atoms with E-state index in [4.69, 9.17) is 14.2 Å². The molecule has 20 heavy (non-hydrogen) atoms. The van der Waals surface area contributed by atoms with Crippen LogP contribution in [0, 0.1) is 0 Å². The zero-order valence-electron chi connectivity index (χ0n) is 12.6. The molecule has 1 heterocycles. The van der Waals surface area contributed by atoms with Gasteiger partial charge in [-0.25, -0.2) is 0 Å². The van der Waals surface area contributed by atoms with Crippen molar-refractivity contribution in [1.82, 2.24) is 5.32 Å². The van der Waals surface area contributed by atoms with Crippen LogP contribution in [0.1, 0.15) is 37.8 Å². The van der Waals surface area contributed by atoms with Gasteiger partial charge < -0.3 is 19.5 Å². The van der Waals surface area contributed by atoms with E-state index in [1.165, 1.54) is 6.42 Å². The van der Waals surface area contributed by atoms with E-state index < -0.39 is 0 Å². The van der Waals surface area contributed by atoms with Crippen molar-refractivity contribution in [3.63, 3.8) is 0 Å². The van der Waals surface area contributed by atoms with Crippen LogP contribution in [0.25, 0.3) is 0 Å². The molecule has 1 fully saturated rings. The van der Waals surface area contributed by atoms with Crippen LogP contribution in [-0.4, -0.2) is 33.5 Å². The van der Waals surface area contributed by atoms with E-state index in [0.717, 1.165) is 36.5 Å². The van der Waals surface area contributed by atoms with E-state index in [1.54, 1.807) is 7.11 Å². The second-order valence-corrected chi connectivity index (χ2v) is 5.19. The lowest BCUT2D eigenvalue weighted by Crippen LogP contribution is -2.15. The summed E-state index contributed by atoms with van der Waals surface area (Å²) in [7, 11) is 3.62. The fourth-order valence-corrected chi connectivity index (χ4v) is 2.45. The summed E-state index contributed by atoms with van der Waals surface area (Å²) in [6, 6.07) is 6.23. The van der Waals surface area contributed by atoms with Gasteiger partial charge in [0.1, 0.15) is 11.5 Å². The molecule has 2 rings (SSSR count). The van der Waals surface area contributed by atoms with Crippen molar-refractivity contribution in [2.24, 2.45) is 0 Å². The van der Waals surface area contributed by atoms with Gasteiger partial charge in [0.25, 0.3) is 0 Å². The first-order chi connectivity index (χ1) is 9.74. The summed E-state index contributed by atoms with van der Waals surface area (Å²) >= 11 is 0. The highest BCUT2D eigenvalue weighted by Gasteiger charge is 2.16. The zero-order chi connectivity index (χ0) is 14.4. The van der Waals surface area contributed by atoms with Crippen LogP contribution in [0.4, 0.5) is 0 Å². The number of methoxy groups -OCH3 is 1. The van der Waals surface area contributed by atoms with E-state index in [1.807, 2.05) is 19.2 Å². The molecule has 2 unspecified atom stereocenters. The zero-order valence-corrected chi connectivity index (χ0v) is 12.6. The molecular weight excluding hydrogens is 254 g/mol. The Morgan fingerprint density at radius 2 is 2.30 bits per heavy atom. The van der Waals surface area contributed by atoms with E-state index in [2.05, 4.69) is 18.3 Å². The molecular formula is C16H25NO3. The average molecular weight is 279 g/mol. The molecule has 1 N–H and O–H groups in total. The molecule has 1 aromatic carbocycles. The Kier molecular flexibility index (Phi) is 5.68. The number of benzene rings is 1. The first kappa shape index (κ1) is 15.1. The molecule has 0 radical (unpaired) electrons. The molecule has 2 atom stereocenters. The number of rotatable bonds is 7. The smallest absolute Gasteiger partial charge is 0.127 e. The molecule has 112 valence electrons. The topological polar surface area (TPSA) is 39.7 Å². The number of ether oxygens (including phenoxy) is 3. The summed E-state index contributed by atoms with van der Waals surface area (Å²) in [4.78, 5) is 0. The summed E-state index contributed by atoms with van der Waals surface area (Å²) in [5, 5.41) is 3.25. The van der Waals surface area contributed by atoms with Gasteiger partial charge in [0, 0.05) is 30.7 Å². The maximum absolute atomic E-state index is 5.96. The minimum atomic E-state index is 0.249. The van der Waals surface area contributed by atoms with Crippen LogP contribution in [0.15, 0.2) is 18.2 Å². The van der Waals surface area contributed by atoms with Crippen molar-refractivity contribution in [2.75, 3.05) is 27.4 Å². The minimum Gasteiger partial charge on any atom is -0.497 e. The van der Waals surface area contributed by atoms with Gasteiger partial charge in [-0.15, -0.1) is 0 Å². The molecule has 1 aromatic rings. The predicted molar refractivity (Wildman–Crippen MR) is 79.6 cm³/mol. The Hall–Kier alpha value is -1.26. The predicted octanol–water partition coefficient (Wildman–Crippen LogP) is 2.92. The molecule has 0 bridgehead atoms. The number of hydrogen-bond acceptors (Lipinski definition) is 4. The van der Waals surface area contributed by atoms with Crippen LogP contribution in [0.2, 0.25) is 0 Å². The Labute approximate surface area is 121 Å². The van der Waals surface area contributed by atoms with Gasteiger partial charge in [0.2, 0.25) is 0 Å². The van der Waals surface area contributed by atoms with Crippen molar-refractivity contribution in [1.29, 1.82) is 0 Å². The molecule has 0 spiro atoms. The number of nitrogens with one attached hydrogen (secondary N) is 1. The maximum atomic E-state index is 5.96. The molecule has 4 heteroatoms. The molecule has 4 nitrogen and oxygen atoms in total. The molecule has 0 amide bonds. The van der Waals surface area contributed by atoms with Crippen molar-refractivity contribution >= 4 is 0 Å². The molecule has 1 saturated heterocycles. The first-order valence-corrected chi connectivity index (χ1v) is 7.34. The van der Waals surface area contributed by atoms with E-state index in [9.17, 15) is 0 Å². The third-order valence-electron chi connectivity index (χ3n) is 3.84. The Balaban J connectivity index is 1.99. The van der Waals surface area contributed by atoms with Crippen LogP contribution < -0.4 is 14.8 Å². The van der Waals surface area contributed by atoms with Gasteiger partial charge in [-0.3, -0.25) is 0 Å². The van der Waals surface area contributed by atoms with E-state index in [-0.39, 0.29) is 6.04 Å². The van der Waals surface area contributed by atoms with Gasteiger partial charge in [-0.1, -0.05) is 6.07 Å². The van der Waals surface area contributed by atoms with Crippen molar-refractivity contribution in [3.05, 3.63) is 23.8 Å². The molecule has 1 aliphatic heterocycles. The summed E-state index contributed by atoms with van der Waals surface area (Å²) in [5.41, 5.74) is 1.15. The van der Waals surface area contributed by atoms with Crippen molar-refractivity contribution in [2.45, 2.75) is 38.3 Å². The van der Waals surface area contributed by atoms with Gasteiger partial charge in [-0.2, -0.15) is 0 Å². The van der Waals surface area contributed by atoms with Gasteiger partial charge >= 0.3 is 0 Å². The van der Waals surface area contributed by atoms with E-state index in [0.29, 0.717) is 12.7 Å². The largest absolute Gasteiger partial charge is 0.497 e. The maximum Gasteiger partial charge on any atom is 0.127 e. The summed E-state index contributed by atoms with van der Waals surface area (Å²) in [6.07, 6.45) is 3.64. The van der Waals surface area contributed by atoms with E-state index >= 15 is 0 Å². The first-order valence-electron chi connectivity index (χ1n) is 7.34. The van der Waals surface area contributed by atoms with Crippen LogP contribution >= 0.6 is 0 Å². The average Bonchev–Trinajstić information content (AvgIpc) is 2.99. The molecule has 0 aromatic heterocycles. The van der Waals surface area contributed by atoms with Gasteiger partial charge in [0.05, 0.1) is 19.8 Å². The second-order valence-electron chi connectivity index (χ2n) is 5.19.